The predicted octanol–water partition coefficient (Wildman–Crippen LogP) is 5.82. The fourth-order valence-corrected chi connectivity index (χ4v) is 4.61. The van der Waals surface area contributed by atoms with Crippen LogP contribution < -0.4 is 9.83 Å². The molecule has 0 spiro atoms. The molecule has 1 unspecified atom stereocenters. The zero-order valence-electron chi connectivity index (χ0n) is 16.2. The largest absolute Gasteiger partial charge is 0.421 e. The summed E-state index contributed by atoms with van der Waals surface area (Å²) in [5, 5.41) is 0.405. The van der Waals surface area contributed by atoms with E-state index >= 15 is 0 Å². The van der Waals surface area contributed by atoms with Gasteiger partial charge in [0.1, 0.15) is 5.75 Å². The molecule has 0 amide bonds. The van der Waals surface area contributed by atoms with Gasteiger partial charge in [-0.05, 0) is 60.9 Å². The molecule has 0 fully saturated rings. The van der Waals surface area contributed by atoms with E-state index in [1.54, 1.807) is 12.1 Å². The van der Waals surface area contributed by atoms with Gasteiger partial charge in [-0.3, -0.25) is 0 Å². The first-order valence-electron chi connectivity index (χ1n) is 9.75. The van der Waals surface area contributed by atoms with Crippen molar-refractivity contribution in [2.45, 2.75) is 65.7 Å². The molecule has 0 aliphatic rings. The lowest BCUT2D eigenvalue weighted by molar-refractivity contribution is 0.391. The lowest BCUT2D eigenvalue weighted by Crippen LogP contribution is -2.15. The van der Waals surface area contributed by atoms with Crippen LogP contribution in [0.15, 0.2) is 42.5 Å². The SMILES string of the molecule is CCCCc1cccc(OP(=O)(O)c2ccccc2CC)c1CCCC. The van der Waals surface area contributed by atoms with Crippen LogP contribution in [-0.4, -0.2) is 4.89 Å². The summed E-state index contributed by atoms with van der Waals surface area (Å²) in [7, 11) is -3.93. The Kier molecular flexibility index (Phi) is 7.93. The van der Waals surface area contributed by atoms with Crippen molar-refractivity contribution >= 4 is 12.9 Å². The minimum atomic E-state index is -3.93. The van der Waals surface area contributed by atoms with E-state index in [2.05, 4.69) is 19.9 Å². The van der Waals surface area contributed by atoms with Gasteiger partial charge in [-0.2, -0.15) is 0 Å². The van der Waals surface area contributed by atoms with Crippen molar-refractivity contribution in [1.82, 2.24) is 0 Å². The van der Waals surface area contributed by atoms with Gasteiger partial charge >= 0.3 is 7.60 Å². The molecule has 2 aromatic carbocycles. The normalized spacial score (nSPS) is 13.4. The Hall–Kier alpha value is -1.57. The van der Waals surface area contributed by atoms with E-state index in [1.807, 2.05) is 31.2 Å². The molecule has 0 heterocycles. The average molecular weight is 374 g/mol. The Morgan fingerprint density at radius 3 is 2.23 bits per heavy atom. The van der Waals surface area contributed by atoms with E-state index in [0.29, 0.717) is 17.5 Å². The van der Waals surface area contributed by atoms with Crippen LogP contribution in [0.25, 0.3) is 0 Å². The van der Waals surface area contributed by atoms with Gasteiger partial charge in [0.2, 0.25) is 0 Å². The van der Waals surface area contributed by atoms with E-state index in [0.717, 1.165) is 49.7 Å². The van der Waals surface area contributed by atoms with Gasteiger partial charge in [-0.1, -0.05) is 63.9 Å². The van der Waals surface area contributed by atoms with E-state index in [4.69, 9.17) is 4.52 Å². The molecule has 1 atom stereocenters. The molecule has 2 aromatic rings. The summed E-state index contributed by atoms with van der Waals surface area (Å²) < 4.78 is 18.8. The van der Waals surface area contributed by atoms with Gasteiger partial charge in [0, 0.05) is 0 Å². The molecular weight excluding hydrogens is 343 g/mol. The van der Waals surface area contributed by atoms with Crippen molar-refractivity contribution in [2.24, 2.45) is 0 Å². The maximum absolute atomic E-state index is 13.0. The van der Waals surface area contributed by atoms with Crippen molar-refractivity contribution in [3.8, 4) is 5.75 Å². The molecule has 0 radical (unpaired) electrons. The zero-order chi connectivity index (χ0) is 19.0. The first kappa shape index (κ1) is 20.7. The summed E-state index contributed by atoms with van der Waals surface area (Å²) in [6.07, 6.45) is 6.91. The van der Waals surface area contributed by atoms with Gasteiger partial charge in [0.05, 0.1) is 5.30 Å². The van der Waals surface area contributed by atoms with Crippen molar-refractivity contribution in [3.05, 3.63) is 59.2 Å². The van der Waals surface area contributed by atoms with Crippen LogP contribution >= 0.6 is 7.60 Å². The molecule has 142 valence electrons. The zero-order valence-corrected chi connectivity index (χ0v) is 17.1. The highest BCUT2D eigenvalue weighted by atomic mass is 31.2. The molecule has 0 saturated carbocycles. The molecule has 3 nitrogen and oxygen atoms in total. The third-order valence-corrected chi connectivity index (χ3v) is 6.20. The second kappa shape index (κ2) is 9.94. The first-order valence-corrected chi connectivity index (χ1v) is 11.3. The van der Waals surface area contributed by atoms with Crippen molar-refractivity contribution in [3.63, 3.8) is 0 Å². The highest BCUT2D eigenvalue weighted by Crippen LogP contribution is 2.44. The third-order valence-electron chi connectivity index (χ3n) is 4.71. The molecule has 1 N–H and O–H groups in total. The number of hydrogen-bond acceptors (Lipinski definition) is 2. The lowest BCUT2D eigenvalue weighted by atomic mass is 9.97. The molecule has 0 aromatic heterocycles. The van der Waals surface area contributed by atoms with E-state index < -0.39 is 7.60 Å². The Bertz CT molecular complexity index is 755. The van der Waals surface area contributed by atoms with Crippen LogP contribution in [0.1, 0.15) is 63.1 Å². The Morgan fingerprint density at radius 2 is 1.54 bits per heavy atom. The molecule has 4 heteroatoms. The van der Waals surface area contributed by atoms with Gasteiger partial charge in [-0.15, -0.1) is 0 Å². The second-order valence-electron chi connectivity index (χ2n) is 6.69. The highest BCUT2D eigenvalue weighted by Gasteiger charge is 2.28. The summed E-state index contributed by atoms with van der Waals surface area (Å²) in [5.41, 5.74) is 3.18. The second-order valence-corrected chi connectivity index (χ2v) is 8.40. The summed E-state index contributed by atoms with van der Waals surface area (Å²) in [6.45, 7) is 6.32. The quantitative estimate of drug-likeness (QED) is 0.533. The number of unbranched alkanes of at least 4 members (excludes halogenated alkanes) is 2. The van der Waals surface area contributed by atoms with Crippen LogP contribution in [0.2, 0.25) is 0 Å². The Balaban J connectivity index is 2.38. The smallest absolute Gasteiger partial charge is 0.408 e. The Morgan fingerprint density at radius 1 is 0.885 bits per heavy atom. The van der Waals surface area contributed by atoms with Gasteiger partial charge in [0.25, 0.3) is 0 Å². The average Bonchev–Trinajstić information content (AvgIpc) is 2.65. The maximum Gasteiger partial charge on any atom is 0.408 e. The van der Waals surface area contributed by atoms with Crippen LogP contribution in [0, 0.1) is 0 Å². The number of rotatable bonds is 10. The first-order chi connectivity index (χ1) is 12.5. The predicted molar refractivity (Wildman–Crippen MR) is 110 cm³/mol. The number of aryl methyl sites for hydroxylation is 2. The third kappa shape index (κ3) is 5.22. The molecule has 0 aliphatic carbocycles. The summed E-state index contributed by atoms with van der Waals surface area (Å²) in [5.74, 6) is 0.559. The van der Waals surface area contributed by atoms with Gasteiger partial charge < -0.3 is 9.42 Å². The molecule has 0 bridgehead atoms. The molecule has 0 saturated heterocycles. The van der Waals surface area contributed by atoms with Crippen LogP contribution in [-0.2, 0) is 23.8 Å². The van der Waals surface area contributed by atoms with Crippen molar-refractivity contribution in [1.29, 1.82) is 0 Å². The maximum atomic E-state index is 13.0. The van der Waals surface area contributed by atoms with Crippen LogP contribution in [0.4, 0.5) is 0 Å². The molecule has 2 rings (SSSR count). The summed E-state index contributed by atoms with van der Waals surface area (Å²) in [6, 6.07) is 13.1. The lowest BCUT2D eigenvalue weighted by Gasteiger charge is -2.20. The minimum absolute atomic E-state index is 0.405. The molecule has 26 heavy (non-hydrogen) atoms. The standard InChI is InChI=1S/C22H31O3P/c1-4-7-12-19-14-11-16-21(20(19)15-8-5-2)25-26(23,24)22-17-10-9-13-18(22)6-3/h9-11,13-14,16-17H,4-8,12,15H2,1-3H3,(H,23,24). The van der Waals surface area contributed by atoms with E-state index in [-0.39, 0.29) is 0 Å². The van der Waals surface area contributed by atoms with Crippen LogP contribution in [0.5, 0.6) is 5.75 Å². The van der Waals surface area contributed by atoms with E-state index in [9.17, 15) is 9.46 Å². The number of hydrogen-bond donors (Lipinski definition) is 1. The summed E-state index contributed by atoms with van der Waals surface area (Å²) >= 11 is 0. The van der Waals surface area contributed by atoms with Crippen molar-refractivity contribution in [2.75, 3.05) is 0 Å². The molecule has 0 aliphatic heterocycles. The fourth-order valence-electron chi connectivity index (χ4n) is 3.20. The van der Waals surface area contributed by atoms with Gasteiger partial charge in [-0.25, -0.2) is 4.57 Å². The highest BCUT2D eigenvalue weighted by molar-refractivity contribution is 7.61. The summed E-state index contributed by atoms with van der Waals surface area (Å²) in [4.78, 5) is 10.7. The fraction of sp³-hybridized carbons (Fsp3) is 0.455. The number of benzene rings is 2. The van der Waals surface area contributed by atoms with E-state index in [1.165, 1.54) is 5.56 Å². The van der Waals surface area contributed by atoms with Crippen LogP contribution in [0.3, 0.4) is 0 Å². The topological polar surface area (TPSA) is 46.5 Å². The Labute approximate surface area is 158 Å². The monoisotopic (exact) mass is 374 g/mol. The van der Waals surface area contributed by atoms with Crippen molar-refractivity contribution < 1.29 is 14.0 Å². The van der Waals surface area contributed by atoms with Gasteiger partial charge in [0.15, 0.2) is 0 Å². The minimum Gasteiger partial charge on any atom is -0.421 e. The molecular formula is C22H31O3P.